The number of carbonyl (C=O) groups is 2. The number of hydrogen-bond acceptors (Lipinski definition) is 4. The van der Waals surface area contributed by atoms with Crippen LogP contribution in [0.25, 0.3) is 0 Å². The van der Waals surface area contributed by atoms with Crippen molar-refractivity contribution >= 4 is 27.5 Å². The van der Waals surface area contributed by atoms with Crippen LogP contribution in [0.1, 0.15) is 50.3 Å². The average Bonchev–Trinajstić information content (AvgIpc) is 2.90. The second-order valence-electron chi connectivity index (χ2n) is 11.4. The van der Waals surface area contributed by atoms with Gasteiger partial charge in [0.15, 0.2) is 11.6 Å². The molecule has 0 heterocycles. The Labute approximate surface area is 247 Å². The summed E-state index contributed by atoms with van der Waals surface area (Å²) >= 11 is 0. The maximum Gasteiger partial charge on any atom is 0.243 e. The third-order valence-corrected chi connectivity index (χ3v) is 7.91. The van der Waals surface area contributed by atoms with Gasteiger partial charge in [0.05, 0.1) is 11.9 Å². The first-order valence-electron chi connectivity index (χ1n) is 13.8. The second kappa shape index (κ2) is 13.9. The summed E-state index contributed by atoms with van der Waals surface area (Å²) in [5.41, 5.74) is 2.16. The Morgan fingerprint density at radius 2 is 1.57 bits per heavy atom. The van der Waals surface area contributed by atoms with Crippen LogP contribution in [0.5, 0.6) is 0 Å². The molecule has 0 fully saturated rings. The highest BCUT2D eigenvalue weighted by Gasteiger charge is 2.32. The van der Waals surface area contributed by atoms with Gasteiger partial charge < -0.3 is 10.2 Å². The molecule has 2 amide bonds. The molecule has 3 aromatic rings. The lowest BCUT2D eigenvalue weighted by Crippen LogP contribution is -2.54. The molecule has 3 aromatic carbocycles. The van der Waals surface area contributed by atoms with Crippen molar-refractivity contribution in [3.05, 3.63) is 101 Å². The Hall–Kier alpha value is -3.79. The summed E-state index contributed by atoms with van der Waals surface area (Å²) in [6.07, 6.45) is 1.27. The predicted molar refractivity (Wildman–Crippen MR) is 161 cm³/mol. The summed E-state index contributed by atoms with van der Waals surface area (Å²) < 4.78 is 53.3. The highest BCUT2D eigenvalue weighted by atomic mass is 32.2. The van der Waals surface area contributed by atoms with E-state index in [2.05, 4.69) is 5.32 Å². The fraction of sp³-hybridized carbons (Fsp3) is 0.375. The molecule has 0 saturated heterocycles. The highest BCUT2D eigenvalue weighted by molar-refractivity contribution is 7.92. The molecule has 1 atom stereocenters. The first-order chi connectivity index (χ1) is 19.7. The van der Waals surface area contributed by atoms with E-state index in [9.17, 15) is 26.8 Å². The number of hydrogen-bond donors (Lipinski definition) is 1. The minimum Gasteiger partial charge on any atom is -0.350 e. The normalized spacial score (nSPS) is 12.5. The molecular weight excluding hydrogens is 560 g/mol. The first-order valence-corrected chi connectivity index (χ1v) is 15.6. The van der Waals surface area contributed by atoms with E-state index in [4.69, 9.17) is 0 Å². The molecule has 0 aliphatic rings. The fourth-order valence-electron chi connectivity index (χ4n) is 4.62. The molecule has 0 aliphatic carbocycles. The summed E-state index contributed by atoms with van der Waals surface area (Å²) in [6.45, 7) is 7.60. The summed E-state index contributed by atoms with van der Waals surface area (Å²) in [4.78, 5) is 29.1. The van der Waals surface area contributed by atoms with Crippen molar-refractivity contribution in [2.45, 2.75) is 65.1 Å². The number of anilines is 1. The maximum absolute atomic E-state index is 13.9. The predicted octanol–water partition coefficient (Wildman–Crippen LogP) is 5.37. The molecule has 3 rings (SSSR count). The van der Waals surface area contributed by atoms with Gasteiger partial charge >= 0.3 is 0 Å². The molecule has 42 heavy (non-hydrogen) atoms. The quantitative estimate of drug-likeness (QED) is 0.303. The van der Waals surface area contributed by atoms with Crippen molar-refractivity contribution in [1.82, 2.24) is 10.2 Å². The van der Waals surface area contributed by atoms with Crippen LogP contribution in [0.15, 0.2) is 72.8 Å². The standard InChI is InChI=1S/C32H39F2N3O4S/c1-23-12-9-10-15-25(23)22-36(29(31(39)35-32(2,3)4)20-24-13-7-6-8-14-24)30(38)16-11-19-37(42(5,40)41)26-17-18-27(33)28(34)21-26/h6-10,12-15,17-18,21,29H,11,16,19-20,22H2,1-5H3,(H,35,39). The lowest BCUT2D eigenvalue weighted by atomic mass is 9.99. The smallest absolute Gasteiger partial charge is 0.243 e. The van der Waals surface area contributed by atoms with Crippen LogP contribution in [0.2, 0.25) is 0 Å². The van der Waals surface area contributed by atoms with Crippen LogP contribution in [-0.2, 0) is 32.6 Å². The van der Waals surface area contributed by atoms with Crippen LogP contribution in [-0.4, -0.2) is 49.5 Å². The van der Waals surface area contributed by atoms with E-state index >= 15 is 0 Å². The van der Waals surface area contributed by atoms with Gasteiger partial charge in [0.1, 0.15) is 6.04 Å². The van der Waals surface area contributed by atoms with E-state index in [0.29, 0.717) is 0 Å². The Kier molecular flexibility index (Phi) is 10.8. The third kappa shape index (κ3) is 9.37. The number of sulfonamides is 1. The Morgan fingerprint density at radius 3 is 2.17 bits per heavy atom. The summed E-state index contributed by atoms with van der Waals surface area (Å²) in [5, 5.41) is 3.01. The van der Waals surface area contributed by atoms with E-state index in [1.165, 1.54) is 6.07 Å². The molecule has 0 saturated carbocycles. The maximum atomic E-state index is 13.9. The number of rotatable bonds is 12. The van der Waals surface area contributed by atoms with Gasteiger partial charge in [-0.05, 0) is 62.9 Å². The molecule has 0 aliphatic heterocycles. The summed E-state index contributed by atoms with van der Waals surface area (Å²) in [5.74, 6) is -2.89. The van der Waals surface area contributed by atoms with Crippen LogP contribution < -0.4 is 9.62 Å². The Bertz CT molecular complexity index is 1490. The molecule has 10 heteroatoms. The zero-order valence-corrected chi connectivity index (χ0v) is 25.5. The minimum atomic E-state index is -3.86. The zero-order valence-electron chi connectivity index (χ0n) is 24.7. The van der Waals surface area contributed by atoms with Gasteiger partial charge in [0.2, 0.25) is 21.8 Å². The molecule has 1 unspecified atom stereocenters. The third-order valence-electron chi connectivity index (χ3n) is 6.71. The molecule has 0 spiro atoms. The molecule has 226 valence electrons. The minimum absolute atomic E-state index is 0.0351. The van der Waals surface area contributed by atoms with Crippen molar-refractivity contribution in [2.24, 2.45) is 0 Å². The fourth-order valence-corrected chi connectivity index (χ4v) is 5.58. The number of benzene rings is 3. The zero-order chi connectivity index (χ0) is 31.1. The van der Waals surface area contributed by atoms with Gasteiger partial charge in [-0.15, -0.1) is 0 Å². The van der Waals surface area contributed by atoms with Gasteiger partial charge in [-0.25, -0.2) is 17.2 Å². The number of nitrogens with zero attached hydrogens (tertiary/aromatic N) is 2. The van der Waals surface area contributed by atoms with Crippen molar-refractivity contribution in [1.29, 1.82) is 0 Å². The van der Waals surface area contributed by atoms with Gasteiger partial charge in [-0.1, -0.05) is 54.6 Å². The van der Waals surface area contributed by atoms with Gasteiger partial charge in [0.25, 0.3) is 0 Å². The van der Waals surface area contributed by atoms with Crippen molar-refractivity contribution in [2.75, 3.05) is 17.1 Å². The van der Waals surface area contributed by atoms with Crippen LogP contribution in [0.3, 0.4) is 0 Å². The summed E-state index contributed by atoms with van der Waals surface area (Å²) in [7, 11) is -3.86. The molecule has 0 aromatic heterocycles. The van der Waals surface area contributed by atoms with Gasteiger partial charge in [-0.2, -0.15) is 0 Å². The lowest BCUT2D eigenvalue weighted by molar-refractivity contribution is -0.142. The Balaban J connectivity index is 1.92. The number of aryl methyl sites for hydroxylation is 1. The number of halogens is 2. The van der Waals surface area contributed by atoms with Crippen LogP contribution >= 0.6 is 0 Å². The van der Waals surface area contributed by atoms with Crippen molar-refractivity contribution in [3.8, 4) is 0 Å². The van der Waals surface area contributed by atoms with E-state index in [-0.39, 0.29) is 49.9 Å². The van der Waals surface area contributed by atoms with E-state index in [1.807, 2.05) is 82.3 Å². The summed E-state index contributed by atoms with van der Waals surface area (Å²) in [6, 6.07) is 19.1. The lowest BCUT2D eigenvalue weighted by Gasteiger charge is -2.34. The van der Waals surface area contributed by atoms with Crippen molar-refractivity contribution in [3.63, 3.8) is 0 Å². The number of nitrogens with one attached hydrogen (secondary N) is 1. The second-order valence-corrected chi connectivity index (χ2v) is 13.3. The molecule has 0 radical (unpaired) electrons. The molecular formula is C32H39F2N3O4S. The van der Waals surface area contributed by atoms with Crippen molar-refractivity contribution < 1.29 is 26.8 Å². The molecule has 1 N–H and O–H groups in total. The topological polar surface area (TPSA) is 86.8 Å². The van der Waals surface area contributed by atoms with E-state index in [0.717, 1.165) is 39.4 Å². The van der Waals surface area contributed by atoms with E-state index in [1.54, 1.807) is 4.90 Å². The SMILES string of the molecule is Cc1ccccc1CN(C(=O)CCCN(c1ccc(F)c(F)c1)S(C)(=O)=O)C(Cc1ccccc1)C(=O)NC(C)(C)C. The monoisotopic (exact) mass is 599 g/mol. The molecule has 0 bridgehead atoms. The van der Waals surface area contributed by atoms with Gasteiger partial charge in [0, 0.05) is 37.5 Å². The first kappa shape index (κ1) is 32.7. The number of amides is 2. The molecule has 7 nitrogen and oxygen atoms in total. The largest absolute Gasteiger partial charge is 0.350 e. The average molecular weight is 600 g/mol. The van der Waals surface area contributed by atoms with E-state index < -0.39 is 33.2 Å². The Morgan fingerprint density at radius 1 is 0.929 bits per heavy atom. The highest BCUT2D eigenvalue weighted by Crippen LogP contribution is 2.23. The van der Waals surface area contributed by atoms with Crippen LogP contribution in [0.4, 0.5) is 14.5 Å². The van der Waals surface area contributed by atoms with Gasteiger partial charge in [-0.3, -0.25) is 13.9 Å². The van der Waals surface area contributed by atoms with Crippen LogP contribution in [0, 0.1) is 18.6 Å². The number of carbonyl (C=O) groups excluding carboxylic acids is 2.